The summed E-state index contributed by atoms with van der Waals surface area (Å²) in [7, 11) is -0.543. The van der Waals surface area contributed by atoms with Crippen molar-refractivity contribution in [3.63, 3.8) is 0 Å². The average molecular weight is 485 g/mol. The number of hydrogen-bond donors (Lipinski definition) is 1. The van der Waals surface area contributed by atoms with Crippen molar-refractivity contribution in [2.24, 2.45) is 5.92 Å². The molecular formula is C24H34F2N2O4S. The highest BCUT2D eigenvalue weighted by molar-refractivity contribution is 7.89. The third-order valence-electron chi connectivity index (χ3n) is 5.73. The van der Waals surface area contributed by atoms with Gasteiger partial charge in [0.15, 0.2) is 0 Å². The van der Waals surface area contributed by atoms with Crippen molar-refractivity contribution in [2.45, 2.75) is 44.4 Å². The molecule has 0 aliphatic carbocycles. The molecule has 0 aliphatic rings. The number of aliphatic hydroxyl groups is 1. The highest BCUT2D eigenvalue weighted by Crippen LogP contribution is 2.23. The van der Waals surface area contributed by atoms with Gasteiger partial charge in [0.2, 0.25) is 10.0 Å². The van der Waals surface area contributed by atoms with E-state index in [1.54, 1.807) is 43.1 Å². The van der Waals surface area contributed by atoms with E-state index in [9.17, 15) is 22.3 Å². The molecule has 0 bridgehead atoms. The van der Waals surface area contributed by atoms with Gasteiger partial charge in [-0.2, -0.15) is 4.31 Å². The van der Waals surface area contributed by atoms with Gasteiger partial charge < -0.3 is 9.84 Å². The first kappa shape index (κ1) is 27.3. The summed E-state index contributed by atoms with van der Waals surface area (Å²) >= 11 is 0. The maximum atomic E-state index is 14.0. The zero-order chi connectivity index (χ0) is 24.8. The summed E-state index contributed by atoms with van der Waals surface area (Å²) in [6.45, 7) is 5.74. The van der Waals surface area contributed by atoms with E-state index in [1.165, 1.54) is 11.4 Å². The summed E-state index contributed by atoms with van der Waals surface area (Å²) in [4.78, 5) is 1.96. The Morgan fingerprint density at radius 3 is 2.27 bits per heavy atom. The van der Waals surface area contributed by atoms with Gasteiger partial charge in [0, 0.05) is 38.3 Å². The van der Waals surface area contributed by atoms with Crippen LogP contribution in [0.25, 0.3) is 0 Å². The Hall–Kier alpha value is -1.91. The van der Waals surface area contributed by atoms with E-state index in [4.69, 9.17) is 4.74 Å². The molecule has 0 aromatic heterocycles. The lowest BCUT2D eigenvalue weighted by atomic mass is 10.0. The Morgan fingerprint density at radius 1 is 1.06 bits per heavy atom. The molecule has 1 N–H and O–H groups in total. The first-order chi connectivity index (χ1) is 15.5. The number of ether oxygens (including phenoxy) is 1. The molecule has 33 heavy (non-hydrogen) atoms. The largest absolute Gasteiger partial charge is 0.395 e. The van der Waals surface area contributed by atoms with E-state index in [2.05, 4.69) is 0 Å². The van der Waals surface area contributed by atoms with Crippen molar-refractivity contribution in [1.29, 1.82) is 0 Å². The number of methoxy groups -OCH3 is 1. The Kier molecular flexibility index (Phi) is 9.93. The van der Waals surface area contributed by atoms with Gasteiger partial charge in [-0.25, -0.2) is 17.2 Å². The Balaban J connectivity index is 2.16. The van der Waals surface area contributed by atoms with E-state index >= 15 is 0 Å². The molecule has 9 heteroatoms. The molecule has 0 amide bonds. The van der Waals surface area contributed by atoms with Gasteiger partial charge in [-0.15, -0.1) is 0 Å². The third-order valence-corrected chi connectivity index (χ3v) is 7.72. The van der Waals surface area contributed by atoms with Gasteiger partial charge in [-0.3, -0.25) is 4.90 Å². The van der Waals surface area contributed by atoms with Crippen LogP contribution in [0.1, 0.15) is 25.0 Å². The van der Waals surface area contributed by atoms with Crippen molar-refractivity contribution < 1.29 is 27.0 Å². The predicted octanol–water partition coefficient (Wildman–Crippen LogP) is 3.43. The van der Waals surface area contributed by atoms with Crippen LogP contribution >= 0.6 is 0 Å². The fourth-order valence-corrected chi connectivity index (χ4v) is 5.39. The number of aryl methyl sites for hydroxylation is 1. The van der Waals surface area contributed by atoms with Crippen molar-refractivity contribution in [3.8, 4) is 0 Å². The third kappa shape index (κ3) is 7.28. The first-order valence-corrected chi connectivity index (χ1v) is 12.3. The van der Waals surface area contributed by atoms with Crippen LogP contribution in [0.3, 0.4) is 0 Å². The molecule has 0 saturated heterocycles. The molecule has 0 unspecified atom stereocenters. The molecule has 2 aromatic carbocycles. The highest BCUT2D eigenvalue weighted by Gasteiger charge is 2.32. The minimum absolute atomic E-state index is 0.124. The van der Waals surface area contributed by atoms with Crippen molar-refractivity contribution in [3.05, 3.63) is 65.2 Å². The van der Waals surface area contributed by atoms with Gasteiger partial charge in [0.1, 0.15) is 11.6 Å². The molecule has 0 fully saturated rings. The summed E-state index contributed by atoms with van der Waals surface area (Å²) in [5.41, 5.74) is 1.18. The summed E-state index contributed by atoms with van der Waals surface area (Å²) in [5.74, 6) is -1.24. The lowest BCUT2D eigenvalue weighted by Crippen LogP contribution is -2.46. The number of aliphatic hydroxyl groups excluding tert-OH is 1. The van der Waals surface area contributed by atoms with E-state index in [-0.39, 0.29) is 42.2 Å². The average Bonchev–Trinajstić information content (AvgIpc) is 2.77. The van der Waals surface area contributed by atoms with Crippen LogP contribution in [0.2, 0.25) is 0 Å². The van der Waals surface area contributed by atoms with Crippen molar-refractivity contribution >= 4 is 10.0 Å². The second kappa shape index (κ2) is 12.0. The topological polar surface area (TPSA) is 70.1 Å². The fraction of sp³-hybridized carbons (Fsp3) is 0.500. The Bertz CT molecular complexity index is 1000. The van der Waals surface area contributed by atoms with Gasteiger partial charge in [0.05, 0.1) is 17.6 Å². The number of halogens is 2. The molecule has 2 rings (SSSR count). The van der Waals surface area contributed by atoms with Crippen LogP contribution in [0.15, 0.2) is 47.4 Å². The number of likely N-dealkylation sites (N-methyl/N-ethyl adjacent to an activating group) is 1. The zero-order valence-electron chi connectivity index (χ0n) is 19.8. The number of sulfonamides is 1. The minimum atomic E-state index is -3.84. The van der Waals surface area contributed by atoms with Crippen LogP contribution in [0.4, 0.5) is 8.78 Å². The maximum absolute atomic E-state index is 14.0. The molecule has 0 saturated carbocycles. The van der Waals surface area contributed by atoms with Crippen LogP contribution in [-0.4, -0.2) is 68.7 Å². The lowest BCUT2D eigenvalue weighted by Gasteiger charge is -2.34. The predicted molar refractivity (Wildman–Crippen MR) is 124 cm³/mol. The zero-order valence-corrected chi connectivity index (χ0v) is 20.6. The molecule has 0 heterocycles. The molecule has 2 aromatic rings. The summed E-state index contributed by atoms with van der Waals surface area (Å²) in [6.07, 6.45) is -0.381. The Labute approximate surface area is 195 Å². The van der Waals surface area contributed by atoms with Gasteiger partial charge in [-0.05, 0) is 57.1 Å². The molecule has 3 atom stereocenters. The number of benzene rings is 2. The fourth-order valence-electron chi connectivity index (χ4n) is 3.67. The van der Waals surface area contributed by atoms with Crippen LogP contribution in [0.5, 0.6) is 0 Å². The van der Waals surface area contributed by atoms with Gasteiger partial charge >= 0.3 is 0 Å². The Morgan fingerprint density at radius 2 is 1.70 bits per heavy atom. The number of hydrogen-bond acceptors (Lipinski definition) is 5. The van der Waals surface area contributed by atoms with Gasteiger partial charge in [0.25, 0.3) is 0 Å². The molecule has 6 nitrogen and oxygen atoms in total. The smallest absolute Gasteiger partial charge is 0.243 e. The van der Waals surface area contributed by atoms with Crippen molar-refractivity contribution in [1.82, 2.24) is 9.21 Å². The molecular weight excluding hydrogens is 450 g/mol. The molecule has 0 spiro atoms. The van der Waals surface area contributed by atoms with Crippen molar-refractivity contribution in [2.75, 3.05) is 33.9 Å². The van der Waals surface area contributed by atoms with E-state index in [0.717, 1.165) is 23.8 Å². The normalized spacial score (nSPS) is 15.1. The van der Waals surface area contributed by atoms with E-state index < -0.39 is 27.7 Å². The lowest BCUT2D eigenvalue weighted by molar-refractivity contribution is 0.0219. The molecule has 0 aliphatic heterocycles. The minimum Gasteiger partial charge on any atom is -0.395 e. The van der Waals surface area contributed by atoms with Crippen LogP contribution in [0, 0.1) is 24.5 Å². The standard InChI is InChI=1S/C24H34F2N2O4S/c1-17-6-9-22(10-7-17)33(30,31)28(19(3)16-29)13-18(2)24(32-5)15-27(4)14-20-12-21(25)8-11-23(20)26/h6-12,18-19,24,29H,13-16H2,1-5H3/t18-,19+,24-/m0/s1. The van der Waals surface area contributed by atoms with Crippen LogP contribution in [-0.2, 0) is 21.3 Å². The molecule has 184 valence electrons. The highest BCUT2D eigenvalue weighted by atomic mass is 32.2. The monoisotopic (exact) mass is 484 g/mol. The first-order valence-electron chi connectivity index (χ1n) is 10.8. The van der Waals surface area contributed by atoms with Crippen LogP contribution < -0.4 is 0 Å². The molecule has 0 radical (unpaired) electrons. The maximum Gasteiger partial charge on any atom is 0.243 e. The number of rotatable bonds is 12. The van der Waals surface area contributed by atoms with E-state index in [0.29, 0.717) is 6.54 Å². The summed E-state index contributed by atoms with van der Waals surface area (Å²) in [5, 5.41) is 9.71. The number of nitrogens with zero attached hydrogens (tertiary/aromatic N) is 2. The van der Waals surface area contributed by atoms with Gasteiger partial charge in [-0.1, -0.05) is 24.6 Å². The summed E-state index contributed by atoms with van der Waals surface area (Å²) < 4.78 is 61.0. The quantitative estimate of drug-likeness (QED) is 0.500. The second-order valence-corrected chi connectivity index (χ2v) is 10.5. The second-order valence-electron chi connectivity index (χ2n) is 8.60. The SMILES string of the molecule is CO[C@@H](CN(C)Cc1cc(F)ccc1F)[C@@H](C)CN([C@H](C)CO)S(=O)(=O)c1ccc(C)cc1. The van der Waals surface area contributed by atoms with E-state index in [1.807, 2.05) is 13.8 Å². The summed E-state index contributed by atoms with van der Waals surface area (Å²) in [6, 6.07) is 9.28.